The minimum absolute atomic E-state index is 0.0687. The van der Waals surface area contributed by atoms with Crippen LogP contribution in [0.2, 0.25) is 0 Å². The maximum absolute atomic E-state index is 12.1. The minimum Gasteiger partial charge on any atom is -0.351 e. The molecule has 1 amide bonds. The van der Waals surface area contributed by atoms with E-state index in [0.717, 1.165) is 23.9 Å². The first-order chi connectivity index (χ1) is 9.74. The first kappa shape index (κ1) is 12.6. The Morgan fingerprint density at radius 1 is 1.40 bits per heavy atom. The van der Waals surface area contributed by atoms with Crippen LogP contribution in [0.4, 0.5) is 0 Å². The molecular formula is C13H15N5O2. The van der Waals surface area contributed by atoms with Gasteiger partial charge in [0.15, 0.2) is 0 Å². The minimum atomic E-state index is -0.316. The number of fused-ring (bicyclic) bond motifs is 1. The highest BCUT2D eigenvalue weighted by atomic mass is 16.2. The molecule has 1 aliphatic rings. The molecule has 1 atom stereocenters. The first-order valence-corrected chi connectivity index (χ1v) is 6.58. The lowest BCUT2D eigenvalue weighted by Crippen LogP contribution is -2.40. The average molecular weight is 273 g/mol. The summed E-state index contributed by atoms with van der Waals surface area (Å²) in [6.45, 7) is -0.0687. The van der Waals surface area contributed by atoms with E-state index in [1.807, 2.05) is 0 Å². The van der Waals surface area contributed by atoms with Crippen molar-refractivity contribution in [3.63, 3.8) is 0 Å². The van der Waals surface area contributed by atoms with Crippen LogP contribution in [0.1, 0.15) is 19.3 Å². The summed E-state index contributed by atoms with van der Waals surface area (Å²) in [5.41, 5.74) is 0.0945. The number of amides is 1. The number of carbonyl (C=O) groups excluding carboxylic acids is 1. The van der Waals surface area contributed by atoms with Crippen LogP contribution in [0, 0.1) is 0 Å². The maximum Gasteiger partial charge on any atom is 0.293 e. The fraction of sp³-hybridized carbons (Fsp3) is 0.385. The van der Waals surface area contributed by atoms with Crippen LogP contribution >= 0.6 is 0 Å². The van der Waals surface area contributed by atoms with Crippen LogP contribution in [0.25, 0.3) is 5.52 Å². The number of nitrogens with one attached hydrogen (secondary N) is 1. The summed E-state index contributed by atoms with van der Waals surface area (Å²) in [6, 6.07) is 1.76. The van der Waals surface area contributed by atoms with Gasteiger partial charge in [-0.15, -0.1) is 0 Å². The smallest absolute Gasteiger partial charge is 0.293 e. The first-order valence-electron chi connectivity index (χ1n) is 6.58. The van der Waals surface area contributed by atoms with E-state index in [4.69, 9.17) is 0 Å². The summed E-state index contributed by atoms with van der Waals surface area (Å²) in [5.74, 6) is -0.191. The van der Waals surface area contributed by atoms with Crippen molar-refractivity contribution in [1.29, 1.82) is 0 Å². The van der Waals surface area contributed by atoms with Gasteiger partial charge in [-0.2, -0.15) is 10.2 Å². The maximum atomic E-state index is 12.1. The number of allylic oxidation sites excluding steroid dienone is 1. The normalized spacial score (nSPS) is 18.3. The van der Waals surface area contributed by atoms with Crippen molar-refractivity contribution in [1.82, 2.24) is 24.7 Å². The van der Waals surface area contributed by atoms with E-state index in [9.17, 15) is 9.59 Å². The number of hydrogen-bond donors (Lipinski definition) is 1. The fourth-order valence-corrected chi connectivity index (χ4v) is 2.32. The molecule has 7 heteroatoms. The molecule has 2 heterocycles. The molecule has 0 aliphatic heterocycles. The van der Waals surface area contributed by atoms with Gasteiger partial charge < -0.3 is 5.32 Å². The molecule has 0 aromatic carbocycles. The Balaban J connectivity index is 1.72. The molecule has 0 radical (unpaired) electrons. The Labute approximate surface area is 114 Å². The van der Waals surface area contributed by atoms with Crippen molar-refractivity contribution in [2.45, 2.75) is 31.8 Å². The molecule has 104 valence electrons. The Kier molecular flexibility index (Phi) is 3.32. The van der Waals surface area contributed by atoms with Crippen molar-refractivity contribution in [3.8, 4) is 0 Å². The Morgan fingerprint density at radius 3 is 3.10 bits per heavy atom. The van der Waals surface area contributed by atoms with Gasteiger partial charge in [-0.25, -0.2) is 9.20 Å². The molecule has 0 saturated carbocycles. The highest BCUT2D eigenvalue weighted by molar-refractivity contribution is 5.76. The second kappa shape index (κ2) is 5.28. The molecule has 0 bridgehead atoms. The third-order valence-corrected chi connectivity index (χ3v) is 3.35. The second-order valence-electron chi connectivity index (χ2n) is 4.80. The topological polar surface area (TPSA) is 81.3 Å². The average Bonchev–Trinajstić information content (AvgIpc) is 2.92. The van der Waals surface area contributed by atoms with Crippen molar-refractivity contribution in [3.05, 3.63) is 41.1 Å². The Morgan fingerprint density at radius 2 is 2.30 bits per heavy atom. The summed E-state index contributed by atoms with van der Waals surface area (Å²) in [6.07, 6.45) is 9.89. The standard InChI is InChI=1S/C13H15N5O2/c19-12(16-10-4-2-1-3-5-10)8-17-13(20)11-6-7-14-18(11)9-15-17/h1-2,6-7,9-10H,3-5,8H2,(H,16,19). The van der Waals surface area contributed by atoms with Gasteiger partial charge in [0.25, 0.3) is 5.56 Å². The molecule has 1 N–H and O–H groups in total. The van der Waals surface area contributed by atoms with Crippen LogP contribution in [-0.2, 0) is 11.3 Å². The number of aromatic nitrogens is 4. The molecule has 0 fully saturated rings. The van der Waals surface area contributed by atoms with Crippen LogP contribution in [0.5, 0.6) is 0 Å². The highest BCUT2D eigenvalue weighted by Crippen LogP contribution is 2.10. The third-order valence-electron chi connectivity index (χ3n) is 3.35. The molecule has 2 aromatic rings. The second-order valence-corrected chi connectivity index (χ2v) is 4.80. The zero-order chi connectivity index (χ0) is 13.9. The molecule has 2 aromatic heterocycles. The summed E-state index contributed by atoms with van der Waals surface area (Å²) < 4.78 is 2.55. The van der Waals surface area contributed by atoms with Gasteiger partial charge >= 0.3 is 0 Å². The SMILES string of the molecule is O=C(Cn1ncn2nccc2c1=O)NC1CC=CCC1. The lowest BCUT2D eigenvalue weighted by Gasteiger charge is -2.19. The van der Waals surface area contributed by atoms with Gasteiger partial charge in [0, 0.05) is 6.04 Å². The van der Waals surface area contributed by atoms with Gasteiger partial charge in [0.2, 0.25) is 5.91 Å². The zero-order valence-corrected chi connectivity index (χ0v) is 10.9. The number of rotatable bonds is 3. The quantitative estimate of drug-likeness (QED) is 0.805. The van der Waals surface area contributed by atoms with E-state index in [1.54, 1.807) is 6.07 Å². The van der Waals surface area contributed by atoms with Gasteiger partial charge in [0.05, 0.1) is 6.20 Å². The molecule has 7 nitrogen and oxygen atoms in total. The molecule has 3 rings (SSSR count). The highest BCUT2D eigenvalue weighted by Gasteiger charge is 2.14. The van der Waals surface area contributed by atoms with Crippen LogP contribution in [0.15, 0.2) is 35.5 Å². The largest absolute Gasteiger partial charge is 0.351 e. The van der Waals surface area contributed by atoms with Gasteiger partial charge in [-0.1, -0.05) is 12.2 Å². The fourth-order valence-electron chi connectivity index (χ4n) is 2.32. The summed E-state index contributed by atoms with van der Waals surface area (Å²) in [5, 5.41) is 10.8. The molecule has 20 heavy (non-hydrogen) atoms. The van der Waals surface area contributed by atoms with E-state index < -0.39 is 0 Å². The predicted octanol–water partition coefficient (Wildman–Crippen LogP) is 0.116. The van der Waals surface area contributed by atoms with Crippen LogP contribution in [-0.4, -0.2) is 31.3 Å². The van der Waals surface area contributed by atoms with E-state index in [2.05, 4.69) is 27.7 Å². The van der Waals surface area contributed by atoms with Crippen molar-refractivity contribution < 1.29 is 4.79 Å². The van der Waals surface area contributed by atoms with Crippen LogP contribution in [0.3, 0.4) is 0 Å². The lowest BCUT2D eigenvalue weighted by molar-refractivity contribution is -0.122. The summed E-state index contributed by atoms with van der Waals surface area (Å²) in [4.78, 5) is 24.0. The number of nitrogens with zero attached hydrogens (tertiary/aromatic N) is 4. The molecular weight excluding hydrogens is 258 g/mol. The lowest BCUT2D eigenvalue weighted by atomic mass is 10.0. The molecule has 1 unspecified atom stereocenters. The number of carbonyl (C=O) groups is 1. The molecule has 0 spiro atoms. The van der Waals surface area contributed by atoms with Crippen molar-refractivity contribution in [2.75, 3.05) is 0 Å². The van der Waals surface area contributed by atoms with Crippen molar-refractivity contribution in [2.24, 2.45) is 0 Å². The Hall–Kier alpha value is -2.44. The van der Waals surface area contributed by atoms with Crippen molar-refractivity contribution >= 4 is 11.4 Å². The van der Waals surface area contributed by atoms with Crippen LogP contribution < -0.4 is 10.9 Å². The van der Waals surface area contributed by atoms with E-state index >= 15 is 0 Å². The molecule has 0 saturated heterocycles. The van der Waals surface area contributed by atoms with Gasteiger partial charge in [-0.05, 0) is 25.3 Å². The Bertz CT molecular complexity index is 715. The van der Waals surface area contributed by atoms with Gasteiger partial charge in [-0.3, -0.25) is 9.59 Å². The third kappa shape index (κ3) is 2.47. The number of hydrogen-bond acceptors (Lipinski definition) is 4. The molecule has 1 aliphatic carbocycles. The monoisotopic (exact) mass is 273 g/mol. The predicted molar refractivity (Wildman–Crippen MR) is 72.2 cm³/mol. The summed E-state index contributed by atoms with van der Waals surface area (Å²) >= 11 is 0. The van der Waals surface area contributed by atoms with E-state index in [0.29, 0.717) is 5.52 Å². The zero-order valence-electron chi connectivity index (χ0n) is 10.9. The van der Waals surface area contributed by atoms with E-state index in [-0.39, 0.29) is 24.1 Å². The van der Waals surface area contributed by atoms with Gasteiger partial charge in [0.1, 0.15) is 18.4 Å². The summed E-state index contributed by atoms with van der Waals surface area (Å²) in [7, 11) is 0. The van der Waals surface area contributed by atoms with E-state index in [1.165, 1.54) is 17.0 Å².